The van der Waals surface area contributed by atoms with Crippen molar-refractivity contribution in [3.05, 3.63) is 16.9 Å². The molecule has 2 nitrogen and oxygen atoms in total. The van der Waals surface area contributed by atoms with E-state index in [4.69, 9.17) is 4.42 Å². The zero-order valence-electron chi connectivity index (χ0n) is 10.6. The Balaban J connectivity index is 3.34. The first-order valence-corrected chi connectivity index (χ1v) is 8.41. The van der Waals surface area contributed by atoms with Crippen LogP contribution in [-0.4, -0.2) is 13.9 Å². The van der Waals surface area contributed by atoms with Crippen molar-refractivity contribution < 1.29 is 9.52 Å². The van der Waals surface area contributed by atoms with Gasteiger partial charge in [-0.05, 0) is 12.5 Å². The molecule has 0 atom stereocenters. The number of aliphatic hydroxyl groups is 1. The fourth-order valence-corrected chi connectivity index (χ4v) is 3.31. The number of rotatable bonds is 2. The van der Waals surface area contributed by atoms with Gasteiger partial charge in [0.15, 0.2) is 0 Å². The third kappa shape index (κ3) is 2.34. The molecular weight excluding hydrogens is 204 g/mol. The van der Waals surface area contributed by atoms with Crippen molar-refractivity contribution in [3.8, 4) is 0 Å². The largest absolute Gasteiger partial charge is 0.470 e. The molecule has 0 saturated carbocycles. The van der Waals surface area contributed by atoms with Crippen LogP contribution in [0.15, 0.2) is 4.42 Å². The predicted molar refractivity (Wildman–Crippen MR) is 66.6 cm³/mol. The summed E-state index contributed by atoms with van der Waals surface area (Å²) in [4.78, 5) is 0. The van der Waals surface area contributed by atoms with Crippen LogP contribution in [0.1, 0.15) is 37.7 Å². The Labute approximate surface area is 93.9 Å². The highest BCUT2D eigenvalue weighted by atomic mass is 28.3. The fourth-order valence-electron chi connectivity index (χ4n) is 1.95. The third-order valence-corrected chi connectivity index (χ3v) is 4.18. The molecule has 0 aliphatic heterocycles. The van der Waals surface area contributed by atoms with E-state index in [1.165, 1.54) is 0 Å². The summed E-state index contributed by atoms with van der Waals surface area (Å²) in [6.07, 6.45) is 0. The molecule has 0 bridgehead atoms. The highest BCUT2D eigenvalue weighted by Crippen LogP contribution is 2.28. The molecule has 1 aromatic rings. The van der Waals surface area contributed by atoms with Crippen LogP contribution in [0, 0.1) is 6.92 Å². The summed E-state index contributed by atoms with van der Waals surface area (Å²) in [6, 6.07) is 0. The normalized spacial score (nSPS) is 12.5. The molecule has 0 spiro atoms. The molecular formula is C12H22O2Si. The molecule has 86 valence electrons. The van der Waals surface area contributed by atoms with Crippen LogP contribution >= 0.6 is 0 Å². The maximum atomic E-state index is 9.39. The van der Waals surface area contributed by atoms with Crippen molar-refractivity contribution in [1.29, 1.82) is 0 Å². The summed E-state index contributed by atoms with van der Waals surface area (Å²) in [7, 11) is -0.992. The molecule has 1 N–H and O–H groups in total. The van der Waals surface area contributed by atoms with Crippen LogP contribution in [0.25, 0.3) is 0 Å². The Morgan fingerprint density at radius 2 is 1.80 bits per heavy atom. The van der Waals surface area contributed by atoms with E-state index in [2.05, 4.69) is 40.8 Å². The molecule has 15 heavy (non-hydrogen) atoms. The van der Waals surface area contributed by atoms with E-state index < -0.39 is 8.80 Å². The van der Waals surface area contributed by atoms with Gasteiger partial charge in [0.05, 0.1) is 12.0 Å². The van der Waals surface area contributed by atoms with Gasteiger partial charge in [0.2, 0.25) is 0 Å². The van der Waals surface area contributed by atoms with E-state index in [1.54, 1.807) is 0 Å². The number of hydrogen-bond donors (Lipinski definition) is 1. The van der Waals surface area contributed by atoms with Crippen molar-refractivity contribution in [1.82, 2.24) is 0 Å². The van der Waals surface area contributed by atoms with Crippen molar-refractivity contribution >= 4 is 14.2 Å². The van der Waals surface area contributed by atoms with Gasteiger partial charge in [-0.25, -0.2) is 0 Å². The molecule has 0 aromatic carbocycles. The van der Waals surface area contributed by atoms with E-state index in [-0.39, 0.29) is 12.0 Å². The average molecular weight is 226 g/mol. The summed E-state index contributed by atoms with van der Waals surface area (Å²) in [5.41, 5.74) is 2.19. The molecule has 1 aromatic heterocycles. The second kappa shape index (κ2) is 4.14. The lowest BCUT2D eigenvalue weighted by Gasteiger charge is -2.16. The van der Waals surface area contributed by atoms with Crippen LogP contribution in [0.5, 0.6) is 0 Å². The van der Waals surface area contributed by atoms with Crippen LogP contribution in [0.3, 0.4) is 0 Å². The summed E-state index contributed by atoms with van der Waals surface area (Å²) < 4.78 is 5.96. The topological polar surface area (TPSA) is 33.4 Å². The zero-order valence-corrected chi connectivity index (χ0v) is 11.8. The van der Waals surface area contributed by atoms with Gasteiger partial charge in [-0.15, -0.1) is 0 Å². The van der Waals surface area contributed by atoms with Crippen LogP contribution in [0.2, 0.25) is 13.1 Å². The van der Waals surface area contributed by atoms with Gasteiger partial charge in [0.1, 0.15) is 14.6 Å². The summed E-state index contributed by atoms with van der Waals surface area (Å²) in [5.74, 6) is 1.03. The highest BCUT2D eigenvalue weighted by molar-refractivity contribution is 6.70. The molecule has 0 aliphatic carbocycles. The SMILES string of the molecule is Cc1c(C(C)(C)C)oc([SiH](C)C)c1CO. The standard InChI is InChI=1S/C12H22O2Si/c1-8-9(7-13)11(15(5)6)14-10(8)12(2,3)4/h13,15H,7H2,1-6H3. The average Bonchev–Trinajstić information content (AvgIpc) is 2.41. The number of hydrogen-bond acceptors (Lipinski definition) is 2. The second-order valence-electron chi connectivity index (χ2n) is 5.46. The zero-order chi connectivity index (χ0) is 11.8. The second-order valence-corrected chi connectivity index (χ2v) is 8.30. The minimum Gasteiger partial charge on any atom is -0.470 e. The van der Waals surface area contributed by atoms with Gasteiger partial charge in [0, 0.05) is 11.0 Å². The Morgan fingerprint density at radius 3 is 2.07 bits per heavy atom. The minimum atomic E-state index is -0.992. The molecule has 0 amide bonds. The number of aliphatic hydroxyl groups excluding tert-OH is 1. The molecule has 0 radical (unpaired) electrons. The van der Waals surface area contributed by atoms with Gasteiger partial charge in [-0.1, -0.05) is 33.9 Å². The summed E-state index contributed by atoms with van der Waals surface area (Å²) >= 11 is 0. The van der Waals surface area contributed by atoms with Crippen molar-refractivity contribution in [2.45, 2.75) is 52.8 Å². The van der Waals surface area contributed by atoms with E-state index in [1.807, 2.05) is 0 Å². The number of furan rings is 1. The lowest BCUT2D eigenvalue weighted by Crippen LogP contribution is -2.24. The van der Waals surface area contributed by atoms with Crippen molar-refractivity contribution in [2.24, 2.45) is 0 Å². The van der Waals surface area contributed by atoms with Crippen LogP contribution in [0.4, 0.5) is 0 Å². The van der Waals surface area contributed by atoms with E-state index >= 15 is 0 Å². The molecule has 0 saturated heterocycles. The monoisotopic (exact) mass is 226 g/mol. The molecule has 3 heteroatoms. The summed E-state index contributed by atoms with van der Waals surface area (Å²) in [5, 5.41) is 10.5. The van der Waals surface area contributed by atoms with Gasteiger partial charge in [-0.3, -0.25) is 0 Å². The predicted octanol–water partition coefficient (Wildman–Crippen LogP) is 2.07. The highest BCUT2D eigenvalue weighted by Gasteiger charge is 2.26. The lowest BCUT2D eigenvalue weighted by atomic mass is 9.90. The van der Waals surface area contributed by atoms with Crippen molar-refractivity contribution in [2.75, 3.05) is 0 Å². The quantitative estimate of drug-likeness (QED) is 0.783. The van der Waals surface area contributed by atoms with Gasteiger partial charge < -0.3 is 9.52 Å². The van der Waals surface area contributed by atoms with Crippen LogP contribution < -0.4 is 5.38 Å². The third-order valence-electron chi connectivity index (χ3n) is 2.67. The first kappa shape index (κ1) is 12.5. The Morgan fingerprint density at radius 1 is 1.27 bits per heavy atom. The summed E-state index contributed by atoms with van der Waals surface area (Å²) in [6.45, 7) is 13.0. The Bertz CT molecular complexity index is 345. The smallest absolute Gasteiger partial charge is 0.112 e. The van der Waals surface area contributed by atoms with Gasteiger partial charge >= 0.3 is 0 Å². The first-order chi connectivity index (χ1) is 6.79. The molecule has 1 rings (SSSR count). The van der Waals surface area contributed by atoms with Crippen LogP contribution in [-0.2, 0) is 12.0 Å². The van der Waals surface area contributed by atoms with Gasteiger partial charge in [0.25, 0.3) is 0 Å². The van der Waals surface area contributed by atoms with Gasteiger partial charge in [-0.2, -0.15) is 0 Å². The molecule has 0 fully saturated rings. The first-order valence-electron chi connectivity index (χ1n) is 5.52. The molecule has 0 unspecified atom stereocenters. The maximum absolute atomic E-state index is 9.39. The minimum absolute atomic E-state index is 0.0234. The van der Waals surface area contributed by atoms with Crippen molar-refractivity contribution in [3.63, 3.8) is 0 Å². The Kier molecular flexibility index (Phi) is 3.46. The Hall–Kier alpha value is -0.543. The lowest BCUT2D eigenvalue weighted by molar-refractivity contribution is 0.281. The maximum Gasteiger partial charge on any atom is 0.112 e. The molecule has 0 aliphatic rings. The van der Waals surface area contributed by atoms with E-state index in [9.17, 15) is 5.11 Å². The van der Waals surface area contributed by atoms with E-state index in [0.29, 0.717) is 0 Å². The van der Waals surface area contributed by atoms with E-state index in [0.717, 1.165) is 22.3 Å². The molecule has 1 heterocycles. The fraction of sp³-hybridized carbons (Fsp3) is 0.667.